The van der Waals surface area contributed by atoms with Crippen LogP contribution in [-0.4, -0.2) is 36.1 Å². The van der Waals surface area contributed by atoms with Crippen molar-refractivity contribution >= 4 is 0 Å². The predicted molar refractivity (Wildman–Crippen MR) is 82.8 cm³/mol. The number of aryl methyl sites for hydroxylation is 1. The van der Waals surface area contributed by atoms with E-state index in [1.165, 1.54) is 0 Å². The number of hydrogen-bond acceptors (Lipinski definition) is 4. The molecule has 0 heterocycles. The standard InChI is InChI=1S/C17H24O4/c1-7-12(9-16(18)17(3,4)19)13-10-14(20-5)11(2)8-15(13)21-6/h1,8,10,12,16,18-19H,9H2,2-6H3/t12-,16+/m0/s1. The Morgan fingerprint density at radius 2 is 1.81 bits per heavy atom. The fourth-order valence-corrected chi connectivity index (χ4v) is 2.14. The van der Waals surface area contributed by atoms with E-state index >= 15 is 0 Å². The van der Waals surface area contributed by atoms with E-state index in [4.69, 9.17) is 15.9 Å². The lowest BCUT2D eigenvalue weighted by atomic mass is 9.87. The summed E-state index contributed by atoms with van der Waals surface area (Å²) in [6.45, 7) is 5.03. The molecule has 0 spiro atoms. The first-order valence-electron chi connectivity index (χ1n) is 6.83. The van der Waals surface area contributed by atoms with Gasteiger partial charge in [-0.2, -0.15) is 0 Å². The number of rotatable bonds is 6. The van der Waals surface area contributed by atoms with Crippen LogP contribution < -0.4 is 9.47 Å². The fourth-order valence-electron chi connectivity index (χ4n) is 2.14. The summed E-state index contributed by atoms with van der Waals surface area (Å²) in [5, 5.41) is 19.9. The first-order chi connectivity index (χ1) is 9.74. The molecule has 4 nitrogen and oxygen atoms in total. The smallest absolute Gasteiger partial charge is 0.123 e. The highest BCUT2D eigenvalue weighted by atomic mass is 16.5. The summed E-state index contributed by atoms with van der Waals surface area (Å²) in [7, 11) is 3.17. The highest BCUT2D eigenvalue weighted by molar-refractivity contribution is 5.49. The van der Waals surface area contributed by atoms with Crippen LogP contribution in [0.25, 0.3) is 0 Å². The van der Waals surface area contributed by atoms with Crippen molar-refractivity contribution in [2.75, 3.05) is 14.2 Å². The zero-order chi connectivity index (χ0) is 16.2. The zero-order valence-electron chi connectivity index (χ0n) is 13.3. The first-order valence-corrected chi connectivity index (χ1v) is 6.83. The molecule has 0 unspecified atom stereocenters. The number of methoxy groups -OCH3 is 2. The number of ether oxygens (including phenoxy) is 2. The van der Waals surface area contributed by atoms with Gasteiger partial charge in [0.05, 0.1) is 31.8 Å². The molecule has 0 aliphatic carbocycles. The van der Waals surface area contributed by atoms with E-state index in [1.54, 1.807) is 28.1 Å². The number of aliphatic hydroxyl groups is 2. The third kappa shape index (κ3) is 4.13. The molecule has 0 saturated carbocycles. The van der Waals surface area contributed by atoms with Crippen molar-refractivity contribution in [3.63, 3.8) is 0 Å². The van der Waals surface area contributed by atoms with Gasteiger partial charge in [0.25, 0.3) is 0 Å². The Balaban J connectivity index is 3.19. The molecule has 2 atom stereocenters. The van der Waals surface area contributed by atoms with Crippen LogP contribution in [-0.2, 0) is 0 Å². The van der Waals surface area contributed by atoms with E-state index < -0.39 is 11.7 Å². The Morgan fingerprint density at radius 1 is 1.24 bits per heavy atom. The highest BCUT2D eigenvalue weighted by Gasteiger charge is 2.29. The van der Waals surface area contributed by atoms with Crippen LogP contribution in [0.1, 0.15) is 37.3 Å². The molecule has 21 heavy (non-hydrogen) atoms. The molecule has 0 amide bonds. The lowest BCUT2D eigenvalue weighted by Crippen LogP contribution is -2.36. The molecule has 0 aliphatic rings. The molecule has 0 saturated heterocycles. The van der Waals surface area contributed by atoms with Crippen molar-refractivity contribution in [1.29, 1.82) is 0 Å². The third-order valence-corrected chi connectivity index (χ3v) is 3.60. The van der Waals surface area contributed by atoms with Crippen LogP contribution in [0.15, 0.2) is 12.1 Å². The minimum absolute atomic E-state index is 0.239. The maximum atomic E-state index is 10.1. The van der Waals surface area contributed by atoms with Crippen molar-refractivity contribution in [2.45, 2.75) is 44.8 Å². The molecule has 1 aromatic rings. The Kier molecular flexibility index (Phi) is 5.65. The lowest BCUT2D eigenvalue weighted by Gasteiger charge is -2.27. The van der Waals surface area contributed by atoms with Gasteiger partial charge in [-0.3, -0.25) is 0 Å². The minimum atomic E-state index is -1.21. The van der Waals surface area contributed by atoms with Crippen LogP contribution in [0.2, 0.25) is 0 Å². The molecular formula is C17H24O4. The van der Waals surface area contributed by atoms with E-state index in [0.717, 1.165) is 11.1 Å². The summed E-state index contributed by atoms with van der Waals surface area (Å²) in [6.07, 6.45) is 4.91. The molecular weight excluding hydrogens is 268 g/mol. The van der Waals surface area contributed by atoms with Crippen LogP contribution in [0.5, 0.6) is 11.5 Å². The van der Waals surface area contributed by atoms with Gasteiger partial charge in [-0.1, -0.05) is 5.92 Å². The van der Waals surface area contributed by atoms with Gasteiger partial charge < -0.3 is 19.7 Å². The minimum Gasteiger partial charge on any atom is -0.496 e. The maximum absolute atomic E-state index is 10.1. The van der Waals surface area contributed by atoms with Crippen molar-refractivity contribution in [3.05, 3.63) is 23.3 Å². The van der Waals surface area contributed by atoms with Crippen LogP contribution in [0.4, 0.5) is 0 Å². The summed E-state index contributed by atoms with van der Waals surface area (Å²) in [5.74, 6) is 3.65. The molecule has 2 N–H and O–H groups in total. The van der Waals surface area contributed by atoms with E-state index in [9.17, 15) is 10.2 Å². The zero-order valence-corrected chi connectivity index (χ0v) is 13.3. The normalized spacial score (nSPS) is 14.2. The molecule has 1 aromatic carbocycles. The summed E-state index contributed by atoms with van der Waals surface area (Å²) in [6, 6.07) is 3.69. The van der Waals surface area contributed by atoms with Gasteiger partial charge in [-0.25, -0.2) is 0 Å². The lowest BCUT2D eigenvalue weighted by molar-refractivity contribution is -0.0524. The average Bonchev–Trinajstić information content (AvgIpc) is 2.43. The summed E-state index contributed by atoms with van der Waals surface area (Å²) >= 11 is 0. The van der Waals surface area contributed by atoms with Crippen LogP contribution in [0, 0.1) is 19.3 Å². The Bertz CT molecular complexity index is 523. The van der Waals surface area contributed by atoms with Gasteiger partial charge in [0.15, 0.2) is 0 Å². The first kappa shape index (κ1) is 17.4. The summed E-state index contributed by atoms with van der Waals surface area (Å²) < 4.78 is 10.7. The van der Waals surface area contributed by atoms with E-state index in [0.29, 0.717) is 11.5 Å². The monoisotopic (exact) mass is 292 g/mol. The number of terminal acetylenes is 1. The van der Waals surface area contributed by atoms with E-state index in [2.05, 4.69) is 5.92 Å². The molecule has 0 fully saturated rings. The predicted octanol–water partition coefficient (Wildman–Crippen LogP) is 2.25. The van der Waals surface area contributed by atoms with Gasteiger partial charge in [0, 0.05) is 5.56 Å². The van der Waals surface area contributed by atoms with Gasteiger partial charge in [0.2, 0.25) is 0 Å². The second-order valence-electron chi connectivity index (χ2n) is 5.69. The molecule has 0 aromatic heterocycles. The average molecular weight is 292 g/mol. The van der Waals surface area contributed by atoms with Crippen LogP contribution in [0.3, 0.4) is 0 Å². The van der Waals surface area contributed by atoms with Crippen molar-refractivity contribution in [3.8, 4) is 23.8 Å². The second kappa shape index (κ2) is 6.84. The van der Waals surface area contributed by atoms with Gasteiger partial charge in [-0.05, 0) is 44.9 Å². The largest absolute Gasteiger partial charge is 0.496 e. The van der Waals surface area contributed by atoms with Gasteiger partial charge in [-0.15, -0.1) is 6.42 Å². The van der Waals surface area contributed by atoms with E-state index in [1.807, 2.05) is 19.1 Å². The van der Waals surface area contributed by atoms with Crippen molar-refractivity contribution in [2.24, 2.45) is 0 Å². The van der Waals surface area contributed by atoms with E-state index in [-0.39, 0.29) is 12.3 Å². The summed E-state index contributed by atoms with van der Waals surface area (Å²) in [5.41, 5.74) is 0.500. The molecule has 116 valence electrons. The maximum Gasteiger partial charge on any atom is 0.123 e. The molecule has 0 aliphatic heterocycles. The Hall–Kier alpha value is -1.70. The Labute approximate surface area is 126 Å². The molecule has 0 radical (unpaired) electrons. The SMILES string of the molecule is C#C[C@@H](C[C@@H](O)C(C)(C)O)c1cc(OC)c(C)cc1OC. The van der Waals surface area contributed by atoms with Crippen LogP contribution >= 0.6 is 0 Å². The fraction of sp³-hybridized carbons (Fsp3) is 0.529. The molecule has 0 bridgehead atoms. The summed E-state index contributed by atoms with van der Waals surface area (Å²) in [4.78, 5) is 0. The molecule has 1 rings (SSSR count). The second-order valence-corrected chi connectivity index (χ2v) is 5.69. The van der Waals surface area contributed by atoms with Crippen molar-refractivity contribution in [1.82, 2.24) is 0 Å². The topological polar surface area (TPSA) is 58.9 Å². The number of aliphatic hydroxyl groups excluding tert-OH is 1. The Morgan fingerprint density at radius 3 is 2.24 bits per heavy atom. The third-order valence-electron chi connectivity index (χ3n) is 3.60. The van der Waals surface area contributed by atoms with Gasteiger partial charge in [0.1, 0.15) is 11.5 Å². The number of benzene rings is 1. The highest BCUT2D eigenvalue weighted by Crippen LogP contribution is 2.36. The quantitative estimate of drug-likeness (QED) is 0.790. The number of hydrogen-bond donors (Lipinski definition) is 2. The van der Waals surface area contributed by atoms with Crippen molar-refractivity contribution < 1.29 is 19.7 Å². The van der Waals surface area contributed by atoms with Gasteiger partial charge >= 0.3 is 0 Å². The molecule has 4 heteroatoms.